The maximum absolute atomic E-state index is 6.01. The Morgan fingerprint density at radius 1 is 0.944 bits per heavy atom. The van der Waals surface area contributed by atoms with Gasteiger partial charge in [0.05, 0.1) is 0 Å². The van der Waals surface area contributed by atoms with Gasteiger partial charge in [-0.2, -0.15) is 0 Å². The van der Waals surface area contributed by atoms with Crippen molar-refractivity contribution in [2.75, 3.05) is 0 Å². The minimum Gasteiger partial charge on any atom is -0.485 e. The summed E-state index contributed by atoms with van der Waals surface area (Å²) in [6.45, 7) is 0. The van der Waals surface area contributed by atoms with Gasteiger partial charge in [-0.1, -0.05) is 35.3 Å². The molecule has 0 spiro atoms. The van der Waals surface area contributed by atoms with Crippen LogP contribution in [0.4, 0.5) is 0 Å². The molecule has 1 heterocycles. The van der Waals surface area contributed by atoms with E-state index in [2.05, 4.69) is 0 Å². The van der Waals surface area contributed by atoms with E-state index in [0.717, 1.165) is 28.6 Å². The lowest BCUT2D eigenvalue weighted by molar-refractivity contribution is 0.176. The summed E-state index contributed by atoms with van der Waals surface area (Å²) in [4.78, 5) is 0. The summed E-state index contributed by atoms with van der Waals surface area (Å²) in [7, 11) is 0. The van der Waals surface area contributed by atoms with Gasteiger partial charge in [-0.05, 0) is 54.3 Å². The summed E-state index contributed by atoms with van der Waals surface area (Å²) in [5.74, 6) is 0.936. The lowest BCUT2D eigenvalue weighted by Crippen LogP contribution is -2.14. The van der Waals surface area contributed by atoms with Crippen LogP contribution in [0.25, 0.3) is 0 Å². The maximum Gasteiger partial charge on any atom is 0.124 e. The third-order valence-electron chi connectivity index (χ3n) is 3.21. The van der Waals surface area contributed by atoms with Crippen LogP contribution in [0, 0.1) is 0 Å². The molecule has 1 aliphatic heterocycles. The summed E-state index contributed by atoms with van der Waals surface area (Å²) in [6, 6.07) is 13.6. The molecule has 2 aromatic rings. The SMILES string of the molecule is Clc1ccc([C@H]2CCc3cc(Cl)ccc3O2)cc1. The quantitative estimate of drug-likeness (QED) is 0.709. The summed E-state index contributed by atoms with van der Waals surface area (Å²) >= 11 is 11.9. The summed E-state index contributed by atoms with van der Waals surface area (Å²) < 4.78 is 6.01. The van der Waals surface area contributed by atoms with E-state index in [-0.39, 0.29) is 6.10 Å². The molecular formula is C15H12Cl2O. The first kappa shape index (κ1) is 11.9. The largest absolute Gasteiger partial charge is 0.485 e. The second kappa shape index (κ2) is 4.83. The van der Waals surface area contributed by atoms with Gasteiger partial charge >= 0.3 is 0 Å². The molecule has 3 rings (SSSR count). The molecule has 0 aliphatic carbocycles. The second-order valence-corrected chi connectivity index (χ2v) is 5.32. The first-order valence-corrected chi connectivity index (χ1v) is 6.68. The van der Waals surface area contributed by atoms with Crippen molar-refractivity contribution in [2.24, 2.45) is 0 Å². The molecule has 0 amide bonds. The highest BCUT2D eigenvalue weighted by Gasteiger charge is 2.21. The number of aryl methyl sites for hydroxylation is 1. The average Bonchev–Trinajstić information content (AvgIpc) is 2.39. The molecule has 0 N–H and O–H groups in total. The number of ether oxygens (including phenoxy) is 1. The number of hydrogen-bond donors (Lipinski definition) is 0. The molecule has 3 heteroatoms. The highest BCUT2D eigenvalue weighted by Crippen LogP contribution is 2.36. The van der Waals surface area contributed by atoms with E-state index in [1.807, 2.05) is 42.5 Å². The molecule has 0 saturated carbocycles. The van der Waals surface area contributed by atoms with Crippen LogP contribution in [0.15, 0.2) is 42.5 Å². The Morgan fingerprint density at radius 3 is 2.44 bits per heavy atom. The third-order valence-corrected chi connectivity index (χ3v) is 3.70. The van der Waals surface area contributed by atoms with Crippen LogP contribution in [0.3, 0.4) is 0 Å². The van der Waals surface area contributed by atoms with Crippen molar-refractivity contribution in [1.29, 1.82) is 0 Å². The number of halogens is 2. The molecule has 18 heavy (non-hydrogen) atoms. The topological polar surface area (TPSA) is 9.23 Å². The molecule has 1 atom stereocenters. The molecule has 0 aromatic heterocycles. The molecule has 0 fully saturated rings. The predicted molar refractivity (Wildman–Crippen MR) is 74.6 cm³/mol. The fourth-order valence-corrected chi connectivity index (χ4v) is 2.59. The first-order chi connectivity index (χ1) is 8.72. The van der Waals surface area contributed by atoms with Crippen molar-refractivity contribution >= 4 is 23.2 Å². The fraction of sp³-hybridized carbons (Fsp3) is 0.200. The zero-order chi connectivity index (χ0) is 12.5. The van der Waals surface area contributed by atoms with Gasteiger partial charge in [-0.15, -0.1) is 0 Å². The van der Waals surface area contributed by atoms with Crippen LogP contribution >= 0.6 is 23.2 Å². The van der Waals surface area contributed by atoms with Crippen molar-refractivity contribution in [3.8, 4) is 5.75 Å². The van der Waals surface area contributed by atoms with Gasteiger partial charge in [-0.3, -0.25) is 0 Å². The van der Waals surface area contributed by atoms with Crippen molar-refractivity contribution in [3.05, 3.63) is 63.6 Å². The fourth-order valence-electron chi connectivity index (χ4n) is 2.27. The normalized spacial score (nSPS) is 18.0. The molecule has 2 aromatic carbocycles. The van der Waals surface area contributed by atoms with Gasteiger partial charge in [0.1, 0.15) is 11.9 Å². The van der Waals surface area contributed by atoms with E-state index in [0.29, 0.717) is 0 Å². The van der Waals surface area contributed by atoms with Crippen LogP contribution in [-0.2, 0) is 6.42 Å². The zero-order valence-electron chi connectivity index (χ0n) is 9.70. The summed E-state index contributed by atoms with van der Waals surface area (Å²) in [6.07, 6.45) is 2.06. The van der Waals surface area contributed by atoms with Crippen LogP contribution in [-0.4, -0.2) is 0 Å². The van der Waals surface area contributed by atoms with E-state index < -0.39 is 0 Å². The zero-order valence-corrected chi connectivity index (χ0v) is 11.2. The van der Waals surface area contributed by atoms with E-state index in [1.54, 1.807) is 0 Å². The van der Waals surface area contributed by atoms with Crippen LogP contribution in [0.2, 0.25) is 10.0 Å². The Morgan fingerprint density at radius 2 is 1.67 bits per heavy atom. The smallest absolute Gasteiger partial charge is 0.124 e. The van der Waals surface area contributed by atoms with Gasteiger partial charge in [0, 0.05) is 10.0 Å². The Balaban J connectivity index is 1.86. The molecule has 1 nitrogen and oxygen atoms in total. The minimum atomic E-state index is 0.107. The lowest BCUT2D eigenvalue weighted by Gasteiger charge is -2.26. The Labute approximate surface area is 116 Å². The first-order valence-electron chi connectivity index (χ1n) is 5.93. The van der Waals surface area contributed by atoms with Gasteiger partial charge in [0.2, 0.25) is 0 Å². The third kappa shape index (κ3) is 2.33. The van der Waals surface area contributed by atoms with Crippen molar-refractivity contribution in [2.45, 2.75) is 18.9 Å². The summed E-state index contributed by atoms with van der Waals surface area (Å²) in [5.41, 5.74) is 2.35. The second-order valence-electron chi connectivity index (χ2n) is 4.45. The standard InChI is InChI=1S/C15H12Cl2O/c16-12-4-1-10(2-5-12)14-7-3-11-9-13(17)6-8-15(11)18-14/h1-2,4-6,8-9,14H,3,7H2/t14-/m1/s1. The molecule has 0 unspecified atom stereocenters. The van der Waals surface area contributed by atoms with Gasteiger partial charge in [0.15, 0.2) is 0 Å². The van der Waals surface area contributed by atoms with Crippen molar-refractivity contribution in [3.63, 3.8) is 0 Å². The average molecular weight is 279 g/mol. The Bertz CT molecular complexity index is 563. The van der Waals surface area contributed by atoms with E-state index in [1.165, 1.54) is 11.1 Å². The van der Waals surface area contributed by atoms with E-state index in [9.17, 15) is 0 Å². The number of fused-ring (bicyclic) bond motifs is 1. The van der Waals surface area contributed by atoms with Crippen LogP contribution < -0.4 is 4.74 Å². The molecule has 92 valence electrons. The molecule has 0 saturated heterocycles. The van der Waals surface area contributed by atoms with Crippen LogP contribution in [0.5, 0.6) is 5.75 Å². The van der Waals surface area contributed by atoms with Gasteiger partial charge in [0.25, 0.3) is 0 Å². The highest BCUT2D eigenvalue weighted by atomic mass is 35.5. The molecular weight excluding hydrogens is 267 g/mol. The summed E-state index contributed by atoms with van der Waals surface area (Å²) in [5, 5.41) is 1.52. The Kier molecular flexibility index (Phi) is 3.19. The number of rotatable bonds is 1. The number of benzene rings is 2. The minimum absolute atomic E-state index is 0.107. The maximum atomic E-state index is 6.01. The van der Waals surface area contributed by atoms with Crippen molar-refractivity contribution in [1.82, 2.24) is 0 Å². The number of hydrogen-bond acceptors (Lipinski definition) is 1. The molecule has 1 aliphatic rings. The lowest BCUT2D eigenvalue weighted by atomic mass is 9.97. The van der Waals surface area contributed by atoms with E-state index in [4.69, 9.17) is 27.9 Å². The monoisotopic (exact) mass is 278 g/mol. The highest BCUT2D eigenvalue weighted by molar-refractivity contribution is 6.30. The van der Waals surface area contributed by atoms with Gasteiger partial charge < -0.3 is 4.74 Å². The van der Waals surface area contributed by atoms with E-state index >= 15 is 0 Å². The predicted octanol–water partition coefficient (Wildman–Crippen LogP) is 5.06. The van der Waals surface area contributed by atoms with Gasteiger partial charge in [-0.25, -0.2) is 0 Å². The Hall–Kier alpha value is -1.18. The van der Waals surface area contributed by atoms with Crippen LogP contribution in [0.1, 0.15) is 23.7 Å². The molecule has 0 radical (unpaired) electrons. The molecule has 0 bridgehead atoms. The van der Waals surface area contributed by atoms with Crippen molar-refractivity contribution < 1.29 is 4.74 Å².